The first-order valence-electron chi connectivity index (χ1n) is 2.37. The average molecular weight is 147 g/mol. The number of primary amides is 1. The van der Waals surface area contributed by atoms with Crippen LogP contribution in [0.5, 0.6) is 0 Å². The number of hydrogen-bond acceptors (Lipinski definition) is 3. The van der Waals surface area contributed by atoms with Crippen LogP contribution in [0.2, 0.25) is 0 Å². The molecule has 9 heavy (non-hydrogen) atoms. The molecule has 52 valence electrons. The van der Waals surface area contributed by atoms with Gasteiger partial charge in [0, 0.05) is 6.42 Å². The number of amides is 1. The molecule has 0 radical (unpaired) electrons. The molecule has 0 aromatic carbocycles. The standard InChI is InChI=1S/C4H9N3OS/c5-2(4(7)9)1-3(6)8/h2H,1,5H2,(H2,6,8)(H2,7,9). The van der Waals surface area contributed by atoms with Crippen LogP contribution in [0.4, 0.5) is 0 Å². The Hall–Kier alpha value is -0.680. The predicted molar refractivity (Wildman–Crippen MR) is 38.6 cm³/mol. The van der Waals surface area contributed by atoms with E-state index < -0.39 is 11.9 Å². The van der Waals surface area contributed by atoms with E-state index >= 15 is 0 Å². The van der Waals surface area contributed by atoms with Crippen molar-refractivity contribution in [1.29, 1.82) is 0 Å². The molecule has 0 heterocycles. The molecule has 1 unspecified atom stereocenters. The van der Waals surface area contributed by atoms with E-state index in [1.165, 1.54) is 0 Å². The van der Waals surface area contributed by atoms with Gasteiger partial charge in [-0.3, -0.25) is 4.79 Å². The zero-order valence-corrected chi connectivity index (χ0v) is 5.65. The Morgan fingerprint density at radius 3 is 2.11 bits per heavy atom. The molecule has 6 N–H and O–H groups in total. The summed E-state index contributed by atoms with van der Waals surface area (Å²) < 4.78 is 0. The summed E-state index contributed by atoms with van der Waals surface area (Å²) in [5.74, 6) is -0.490. The molecule has 0 saturated heterocycles. The smallest absolute Gasteiger partial charge is 0.219 e. The van der Waals surface area contributed by atoms with Gasteiger partial charge < -0.3 is 17.2 Å². The lowest BCUT2D eigenvalue weighted by molar-refractivity contribution is -0.118. The van der Waals surface area contributed by atoms with Crippen LogP contribution in [-0.2, 0) is 4.79 Å². The fraction of sp³-hybridized carbons (Fsp3) is 0.500. The molecule has 0 saturated carbocycles. The van der Waals surface area contributed by atoms with E-state index in [4.69, 9.17) is 17.2 Å². The molecule has 0 bridgehead atoms. The minimum absolute atomic E-state index is 0.0231. The number of nitrogens with two attached hydrogens (primary N) is 3. The Labute approximate surface area is 58.4 Å². The highest BCUT2D eigenvalue weighted by Crippen LogP contribution is 1.85. The van der Waals surface area contributed by atoms with E-state index in [-0.39, 0.29) is 11.4 Å². The van der Waals surface area contributed by atoms with Gasteiger partial charge in [-0.05, 0) is 0 Å². The van der Waals surface area contributed by atoms with Crippen molar-refractivity contribution in [2.45, 2.75) is 12.5 Å². The summed E-state index contributed by atoms with van der Waals surface area (Å²) in [7, 11) is 0. The van der Waals surface area contributed by atoms with E-state index in [1.54, 1.807) is 0 Å². The number of carbonyl (C=O) groups excluding carboxylic acids is 1. The first kappa shape index (κ1) is 8.32. The molecule has 0 aromatic heterocycles. The van der Waals surface area contributed by atoms with Gasteiger partial charge in [0.2, 0.25) is 5.91 Å². The van der Waals surface area contributed by atoms with Crippen molar-refractivity contribution >= 4 is 23.1 Å². The van der Waals surface area contributed by atoms with E-state index in [0.717, 1.165) is 0 Å². The van der Waals surface area contributed by atoms with Gasteiger partial charge in [-0.25, -0.2) is 0 Å². The fourth-order valence-electron chi connectivity index (χ4n) is 0.317. The maximum Gasteiger partial charge on any atom is 0.219 e. The Morgan fingerprint density at radius 1 is 1.56 bits per heavy atom. The predicted octanol–water partition coefficient (Wildman–Crippen LogP) is -1.52. The third kappa shape index (κ3) is 3.87. The minimum Gasteiger partial charge on any atom is -0.392 e. The van der Waals surface area contributed by atoms with E-state index in [1.807, 2.05) is 0 Å². The summed E-state index contributed by atoms with van der Waals surface area (Å²) in [4.78, 5) is 10.3. The molecular formula is C4H9N3OS. The van der Waals surface area contributed by atoms with Crippen LogP contribution in [0.25, 0.3) is 0 Å². The lowest BCUT2D eigenvalue weighted by Crippen LogP contribution is -2.38. The maximum atomic E-state index is 10.1. The molecule has 5 heteroatoms. The first-order valence-corrected chi connectivity index (χ1v) is 2.78. The molecule has 0 aromatic rings. The Kier molecular flexibility index (Phi) is 3.11. The van der Waals surface area contributed by atoms with Gasteiger partial charge in [0.25, 0.3) is 0 Å². The summed E-state index contributed by atoms with van der Waals surface area (Å²) in [5.41, 5.74) is 15.1. The summed E-state index contributed by atoms with van der Waals surface area (Å²) in [6.45, 7) is 0. The monoisotopic (exact) mass is 147 g/mol. The van der Waals surface area contributed by atoms with Crippen molar-refractivity contribution < 1.29 is 4.79 Å². The van der Waals surface area contributed by atoms with Crippen molar-refractivity contribution in [2.24, 2.45) is 17.2 Å². The number of thiocarbonyl (C=S) groups is 1. The van der Waals surface area contributed by atoms with Crippen molar-refractivity contribution in [3.63, 3.8) is 0 Å². The third-order valence-electron chi connectivity index (χ3n) is 0.787. The average Bonchev–Trinajstić information content (AvgIpc) is 1.63. The van der Waals surface area contributed by atoms with Gasteiger partial charge in [-0.1, -0.05) is 12.2 Å². The van der Waals surface area contributed by atoms with Gasteiger partial charge in [-0.2, -0.15) is 0 Å². The topological polar surface area (TPSA) is 95.1 Å². The van der Waals surface area contributed by atoms with Crippen LogP contribution in [0, 0.1) is 0 Å². The zero-order valence-electron chi connectivity index (χ0n) is 4.83. The first-order chi connectivity index (χ1) is 4.04. The molecule has 0 rings (SSSR count). The van der Waals surface area contributed by atoms with E-state index in [0.29, 0.717) is 0 Å². The number of rotatable bonds is 3. The van der Waals surface area contributed by atoms with Crippen molar-refractivity contribution in [3.8, 4) is 0 Å². The van der Waals surface area contributed by atoms with Gasteiger partial charge in [0.15, 0.2) is 0 Å². The Bertz CT molecular complexity index is 136. The van der Waals surface area contributed by atoms with Crippen LogP contribution in [0.15, 0.2) is 0 Å². The number of hydrogen-bond donors (Lipinski definition) is 3. The summed E-state index contributed by atoms with van der Waals surface area (Å²) in [6, 6.07) is -0.572. The minimum atomic E-state index is -0.572. The fourth-order valence-corrected chi connectivity index (χ4v) is 0.401. The van der Waals surface area contributed by atoms with Gasteiger partial charge >= 0.3 is 0 Å². The van der Waals surface area contributed by atoms with Crippen LogP contribution in [-0.4, -0.2) is 16.9 Å². The van der Waals surface area contributed by atoms with E-state index in [9.17, 15) is 4.79 Å². The number of carbonyl (C=O) groups is 1. The SMILES string of the molecule is NC(=O)CC(N)C(N)=S. The molecule has 0 aliphatic rings. The second-order valence-electron chi connectivity index (χ2n) is 1.68. The largest absolute Gasteiger partial charge is 0.392 e. The third-order valence-corrected chi connectivity index (χ3v) is 1.09. The maximum absolute atomic E-state index is 10.1. The van der Waals surface area contributed by atoms with Gasteiger partial charge in [-0.15, -0.1) is 0 Å². The van der Waals surface area contributed by atoms with E-state index in [2.05, 4.69) is 12.2 Å². The van der Waals surface area contributed by atoms with Crippen LogP contribution in [0.1, 0.15) is 6.42 Å². The Morgan fingerprint density at radius 2 is 2.00 bits per heavy atom. The second kappa shape index (κ2) is 3.37. The van der Waals surface area contributed by atoms with Gasteiger partial charge in [0.1, 0.15) is 0 Å². The van der Waals surface area contributed by atoms with Crippen LogP contribution >= 0.6 is 12.2 Å². The lowest BCUT2D eigenvalue weighted by Gasteiger charge is -2.04. The highest BCUT2D eigenvalue weighted by Gasteiger charge is 2.07. The van der Waals surface area contributed by atoms with Crippen molar-refractivity contribution in [3.05, 3.63) is 0 Å². The van der Waals surface area contributed by atoms with Crippen molar-refractivity contribution in [1.82, 2.24) is 0 Å². The molecule has 1 atom stereocenters. The highest BCUT2D eigenvalue weighted by atomic mass is 32.1. The summed E-state index contributed by atoms with van der Waals surface area (Å²) >= 11 is 4.48. The molecule has 0 aliphatic heterocycles. The van der Waals surface area contributed by atoms with Crippen molar-refractivity contribution in [2.75, 3.05) is 0 Å². The summed E-state index contributed by atoms with van der Waals surface area (Å²) in [6.07, 6.45) is 0.0231. The molecule has 0 spiro atoms. The normalized spacial score (nSPS) is 12.6. The molecule has 0 aliphatic carbocycles. The molecule has 0 fully saturated rings. The zero-order chi connectivity index (χ0) is 7.44. The quantitative estimate of drug-likeness (QED) is 0.422. The molecule has 1 amide bonds. The summed E-state index contributed by atoms with van der Waals surface area (Å²) in [5, 5.41) is 0. The lowest BCUT2D eigenvalue weighted by atomic mass is 10.2. The van der Waals surface area contributed by atoms with Crippen LogP contribution in [0.3, 0.4) is 0 Å². The second-order valence-corrected chi connectivity index (χ2v) is 2.15. The van der Waals surface area contributed by atoms with Gasteiger partial charge in [0.05, 0.1) is 11.0 Å². The Balaban J connectivity index is 3.63. The van der Waals surface area contributed by atoms with Crippen LogP contribution < -0.4 is 17.2 Å². The highest BCUT2D eigenvalue weighted by molar-refractivity contribution is 7.80. The molecule has 4 nitrogen and oxygen atoms in total. The molecular weight excluding hydrogens is 138 g/mol.